The average Bonchev–Trinajstić information content (AvgIpc) is 2.96. The van der Waals surface area contributed by atoms with Crippen LogP contribution in [0.1, 0.15) is 42.0 Å². The number of carbonyl (C=O) groups excluding carboxylic acids is 3. The van der Waals surface area contributed by atoms with Crippen LogP contribution in [-0.4, -0.2) is 48.6 Å². The summed E-state index contributed by atoms with van der Waals surface area (Å²) < 4.78 is 15.5. The topological polar surface area (TPSA) is 149 Å². The van der Waals surface area contributed by atoms with Gasteiger partial charge in [-0.1, -0.05) is 36.4 Å². The van der Waals surface area contributed by atoms with Gasteiger partial charge in [-0.3, -0.25) is 19.7 Å². The normalized spacial score (nSPS) is 21.2. The molecule has 11 heteroatoms. The lowest BCUT2D eigenvalue weighted by Crippen LogP contribution is -2.54. The Hall–Kier alpha value is -4.98. The van der Waals surface area contributed by atoms with Crippen LogP contribution in [0, 0.1) is 26.9 Å². The van der Waals surface area contributed by atoms with Crippen molar-refractivity contribution in [1.29, 1.82) is 5.26 Å². The van der Waals surface area contributed by atoms with E-state index >= 15 is 0 Å². The molecule has 2 aliphatic heterocycles. The van der Waals surface area contributed by atoms with Crippen LogP contribution in [-0.2, 0) is 28.6 Å². The summed E-state index contributed by atoms with van der Waals surface area (Å²) in [6, 6.07) is 13.5. The van der Waals surface area contributed by atoms with E-state index < -0.39 is 40.2 Å². The molecular formula is C28H25N3O8. The zero-order valence-electron chi connectivity index (χ0n) is 21.5. The fourth-order valence-electron chi connectivity index (χ4n) is 5.32. The standard InChI is InChI=1S/C28H25N3O8/c1-4-39-27(34)28(16-29)24(18-9-11-19(12-10-18)31(35)36)23(26(33)38-3)21(15-22(32)37-2)30-14-13-17-7-5-6-8-20(17)25(28)30/h5-14,24-25H,4,15H2,1-3H3/t24-,25-,28+/m0/s1. The zero-order valence-corrected chi connectivity index (χ0v) is 21.5. The number of nitro benzene ring substituents is 1. The van der Waals surface area contributed by atoms with Gasteiger partial charge in [0.2, 0.25) is 0 Å². The Balaban J connectivity index is 2.16. The monoisotopic (exact) mass is 531 g/mol. The SMILES string of the molecule is CCOC(=O)[C@]1(C#N)[C@@H](c2ccc([N+](=O)[O-])cc2)C(C(=O)OC)=C(CC(=O)OC)N2C=Cc3ccccc3[C@H]21. The number of benzene rings is 2. The Morgan fingerprint density at radius 2 is 1.79 bits per heavy atom. The van der Waals surface area contributed by atoms with E-state index in [1.807, 2.05) is 6.07 Å². The number of hydrogen-bond acceptors (Lipinski definition) is 10. The minimum atomic E-state index is -2.07. The molecule has 0 aliphatic carbocycles. The molecule has 2 aliphatic rings. The fourth-order valence-corrected chi connectivity index (χ4v) is 5.32. The molecule has 0 unspecified atom stereocenters. The van der Waals surface area contributed by atoms with Gasteiger partial charge in [-0.05, 0) is 29.7 Å². The first-order valence-electron chi connectivity index (χ1n) is 12.0. The number of hydrogen-bond donors (Lipinski definition) is 0. The highest BCUT2D eigenvalue weighted by molar-refractivity contribution is 5.97. The lowest BCUT2D eigenvalue weighted by Gasteiger charge is -2.51. The van der Waals surface area contributed by atoms with Gasteiger partial charge in [0, 0.05) is 29.9 Å². The van der Waals surface area contributed by atoms with Crippen LogP contribution in [0.25, 0.3) is 6.08 Å². The van der Waals surface area contributed by atoms with E-state index in [2.05, 4.69) is 6.07 Å². The maximum atomic E-state index is 13.9. The molecule has 0 N–H and O–H groups in total. The number of nitriles is 1. The summed E-state index contributed by atoms with van der Waals surface area (Å²) >= 11 is 0. The second kappa shape index (κ2) is 10.8. The first-order chi connectivity index (χ1) is 18.7. The summed E-state index contributed by atoms with van der Waals surface area (Å²) in [6.45, 7) is 1.55. The number of rotatable bonds is 7. The number of nitro groups is 1. The quantitative estimate of drug-likeness (QED) is 0.224. The first kappa shape index (κ1) is 27.1. The molecule has 3 atom stereocenters. The Labute approximate surface area is 224 Å². The number of esters is 3. The highest BCUT2D eigenvalue weighted by Crippen LogP contribution is 2.59. The van der Waals surface area contributed by atoms with Crippen molar-refractivity contribution in [2.75, 3.05) is 20.8 Å². The second-order valence-electron chi connectivity index (χ2n) is 8.84. The average molecular weight is 532 g/mol. The van der Waals surface area contributed by atoms with Crippen LogP contribution in [0.15, 0.2) is 66.0 Å². The Morgan fingerprint density at radius 3 is 2.38 bits per heavy atom. The number of non-ortho nitro benzene ring substituents is 1. The molecule has 11 nitrogen and oxygen atoms in total. The molecule has 0 saturated heterocycles. The lowest BCUT2D eigenvalue weighted by atomic mass is 9.59. The van der Waals surface area contributed by atoms with E-state index in [0.29, 0.717) is 5.56 Å². The predicted molar refractivity (Wildman–Crippen MR) is 136 cm³/mol. The van der Waals surface area contributed by atoms with Crippen molar-refractivity contribution in [2.45, 2.75) is 25.3 Å². The molecule has 0 amide bonds. The molecule has 0 aromatic heterocycles. The number of carbonyl (C=O) groups is 3. The summed E-state index contributed by atoms with van der Waals surface area (Å²) in [5.41, 5.74) is -0.689. The molecule has 0 fully saturated rings. The van der Waals surface area contributed by atoms with Gasteiger partial charge in [0.25, 0.3) is 5.69 Å². The van der Waals surface area contributed by atoms with Crippen molar-refractivity contribution < 1.29 is 33.5 Å². The molecular weight excluding hydrogens is 506 g/mol. The summed E-state index contributed by atoms with van der Waals surface area (Å²) in [5.74, 6) is -3.77. The molecule has 39 heavy (non-hydrogen) atoms. The molecule has 0 spiro atoms. The third kappa shape index (κ3) is 4.40. The molecule has 0 radical (unpaired) electrons. The first-order valence-corrected chi connectivity index (χ1v) is 12.0. The van der Waals surface area contributed by atoms with Gasteiger partial charge in [0.05, 0.1) is 49.9 Å². The van der Waals surface area contributed by atoms with E-state index in [1.165, 1.54) is 31.4 Å². The molecule has 2 aromatic rings. The van der Waals surface area contributed by atoms with Gasteiger partial charge in [-0.25, -0.2) is 4.79 Å². The number of fused-ring (bicyclic) bond motifs is 3. The van der Waals surface area contributed by atoms with Crippen LogP contribution in [0.3, 0.4) is 0 Å². The predicted octanol–water partition coefficient (Wildman–Crippen LogP) is 3.78. The fraction of sp³-hybridized carbons (Fsp3) is 0.286. The van der Waals surface area contributed by atoms with E-state index in [0.717, 1.165) is 12.7 Å². The van der Waals surface area contributed by atoms with Gasteiger partial charge in [-0.2, -0.15) is 5.26 Å². The van der Waals surface area contributed by atoms with Gasteiger partial charge < -0.3 is 19.1 Å². The van der Waals surface area contributed by atoms with Crippen molar-refractivity contribution in [2.24, 2.45) is 5.41 Å². The van der Waals surface area contributed by atoms with E-state index in [-0.39, 0.29) is 35.5 Å². The summed E-state index contributed by atoms with van der Waals surface area (Å²) in [5, 5.41) is 22.2. The number of nitrogens with zero attached hydrogens (tertiary/aromatic N) is 3. The lowest BCUT2D eigenvalue weighted by molar-refractivity contribution is -0.384. The van der Waals surface area contributed by atoms with Gasteiger partial charge in [0.15, 0.2) is 5.41 Å². The maximum Gasteiger partial charge on any atom is 0.336 e. The highest BCUT2D eigenvalue weighted by Gasteiger charge is 2.63. The van der Waals surface area contributed by atoms with Crippen molar-refractivity contribution >= 4 is 29.7 Å². The van der Waals surface area contributed by atoms with Crippen LogP contribution in [0.5, 0.6) is 0 Å². The molecule has 0 bridgehead atoms. The molecule has 200 valence electrons. The number of methoxy groups -OCH3 is 2. The van der Waals surface area contributed by atoms with Crippen molar-refractivity contribution in [3.63, 3.8) is 0 Å². The molecule has 0 saturated carbocycles. The smallest absolute Gasteiger partial charge is 0.336 e. The van der Waals surface area contributed by atoms with Crippen LogP contribution < -0.4 is 0 Å². The summed E-state index contributed by atoms with van der Waals surface area (Å²) in [7, 11) is 2.35. The third-order valence-corrected chi connectivity index (χ3v) is 6.96. The Morgan fingerprint density at radius 1 is 1.10 bits per heavy atom. The van der Waals surface area contributed by atoms with Crippen molar-refractivity contribution in [3.8, 4) is 6.07 Å². The largest absolute Gasteiger partial charge is 0.469 e. The summed E-state index contributed by atoms with van der Waals surface area (Å²) in [6.07, 6.45) is 2.97. The van der Waals surface area contributed by atoms with Crippen LogP contribution in [0.4, 0.5) is 5.69 Å². The maximum absolute atomic E-state index is 13.9. The number of ether oxygens (including phenoxy) is 3. The minimum absolute atomic E-state index is 0.0499. The zero-order chi connectivity index (χ0) is 28.3. The minimum Gasteiger partial charge on any atom is -0.469 e. The van der Waals surface area contributed by atoms with Crippen LogP contribution >= 0.6 is 0 Å². The third-order valence-electron chi connectivity index (χ3n) is 6.96. The second-order valence-corrected chi connectivity index (χ2v) is 8.84. The van der Waals surface area contributed by atoms with Gasteiger partial charge >= 0.3 is 17.9 Å². The van der Waals surface area contributed by atoms with E-state index in [4.69, 9.17) is 14.2 Å². The van der Waals surface area contributed by atoms with Crippen molar-refractivity contribution in [3.05, 3.63) is 92.8 Å². The molecule has 2 aromatic carbocycles. The molecule has 2 heterocycles. The van der Waals surface area contributed by atoms with Crippen LogP contribution in [0.2, 0.25) is 0 Å². The Bertz CT molecular complexity index is 1440. The Kier molecular flexibility index (Phi) is 7.49. The highest BCUT2D eigenvalue weighted by atomic mass is 16.6. The van der Waals surface area contributed by atoms with E-state index in [1.54, 1.807) is 42.3 Å². The van der Waals surface area contributed by atoms with Gasteiger partial charge in [-0.15, -0.1) is 0 Å². The van der Waals surface area contributed by atoms with Gasteiger partial charge in [0.1, 0.15) is 0 Å². The van der Waals surface area contributed by atoms with Crippen molar-refractivity contribution in [1.82, 2.24) is 4.90 Å². The van der Waals surface area contributed by atoms with E-state index in [9.17, 15) is 29.8 Å². The molecule has 4 rings (SSSR count). The summed E-state index contributed by atoms with van der Waals surface area (Å²) in [4.78, 5) is 52.3.